The fourth-order valence-electron chi connectivity index (χ4n) is 5.54. The van der Waals surface area contributed by atoms with Gasteiger partial charge in [-0.25, -0.2) is 15.0 Å². The van der Waals surface area contributed by atoms with Gasteiger partial charge in [0.15, 0.2) is 17.5 Å². The second-order valence-electron chi connectivity index (χ2n) is 10.3. The molecule has 0 unspecified atom stereocenters. The molecular formula is C39H23N3O2. The molecule has 0 atom stereocenters. The van der Waals surface area contributed by atoms with E-state index >= 15 is 0 Å². The third kappa shape index (κ3) is 3.98. The first-order valence-electron chi connectivity index (χ1n) is 17.1. The standard InChI is InChI=1S/C39H23N3O2/c1-3-10-24(11-4-1)26-19-21-33-31(22-26)28-20-18-27(23-35(28)44-33)38-40-37(25-12-5-2-6-13-25)41-39(42-38)30-15-9-17-34-36(30)29-14-7-8-16-32(29)43-34/h1-23H/i18D,19D,20D,21D,22D,23D. The van der Waals surface area contributed by atoms with Gasteiger partial charge in [-0.2, -0.15) is 0 Å². The normalized spacial score (nSPS) is 13.5. The number of rotatable bonds is 4. The lowest BCUT2D eigenvalue weighted by molar-refractivity contribution is 0.668. The Morgan fingerprint density at radius 2 is 1.07 bits per heavy atom. The predicted octanol–water partition coefficient (Wildman–Crippen LogP) is 10.3. The minimum absolute atomic E-state index is 0.00661. The number of hydrogen-bond acceptors (Lipinski definition) is 5. The molecule has 0 bridgehead atoms. The van der Waals surface area contributed by atoms with Crippen molar-refractivity contribution in [1.29, 1.82) is 0 Å². The van der Waals surface area contributed by atoms with E-state index in [9.17, 15) is 4.11 Å². The average Bonchev–Trinajstić information content (AvgIpc) is 3.74. The monoisotopic (exact) mass is 571 g/mol. The van der Waals surface area contributed by atoms with Gasteiger partial charge in [-0.15, -0.1) is 0 Å². The van der Waals surface area contributed by atoms with Crippen LogP contribution in [-0.2, 0) is 0 Å². The summed E-state index contributed by atoms with van der Waals surface area (Å²) in [5, 5.41) is 1.85. The Balaban J connectivity index is 1.34. The van der Waals surface area contributed by atoms with Crippen LogP contribution in [0.5, 0.6) is 0 Å². The summed E-state index contributed by atoms with van der Waals surface area (Å²) in [5.41, 5.74) is 3.24. The van der Waals surface area contributed by atoms with E-state index in [4.69, 9.17) is 27.9 Å². The highest BCUT2D eigenvalue weighted by molar-refractivity contribution is 6.12. The lowest BCUT2D eigenvalue weighted by Gasteiger charge is -2.09. The molecule has 0 radical (unpaired) electrons. The molecule has 0 N–H and O–H groups in total. The third-order valence-corrected chi connectivity index (χ3v) is 7.61. The second kappa shape index (κ2) is 9.75. The van der Waals surface area contributed by atoms with E-state index < -0.39 is 0 Å². The van der Waals surface area contributed by atoms with Crippen LogP contribution in [0.25, 0.3) is 89.2 Å². The van der Waals surface area contributed by atoms with Gasteiger partial charge >= 0.3 is 0 Å². The van der Waals surface area contributed by atoms with Crippen molar-refractivity contribution in [3.8, 4) is 45.3 Å². The Morgan fingerprint density at radius 3 is 1.91 bits per heavy atom. The molecule has 0 saturated heterocycles. The topological polar surface area (TPSA) is 65.0 Å². The molecule has 5 nitrogen and oxygen atoms in total. The molecule has 5 heteroatoms. The van der Waals surface area contributed by atoms with Crippen molar-refractivity contribution in [1.82, 2.24) is 15.0 Å². The van der Waals surface area contributed by atoms with Gasteiger partial charge in [0, 0.05) is 38.2 Å². The molecule has 3 aromatic heterocycles. The Morgan fingerprint density at radius 1 is 0.409 bits per heavy atom. The maximum absolute atomic E-state index is 9.34. The quantitative estimate of drug-likeness (QED) is 0.210. The number of hydrogen-bond donors (Lipinski definition) is 0. The predicted molar refractivity (Wildman–Crippen MR) is 176 cm³/mol. The van der Waals surface area contributed by atoms with Crippen molar-refractivity contribution < 1.29 is 17.1 Å². The molecule has 0 aliphatic heterocycles. The molecule has 0 saturated carbocycles. The Labute approximate surface area is 260 Å². The zero-order valence-electron chi connectivity index (χ0n) is 29.0. The molecule has 3 heterocycles. The molecule has 206 valence electrons. The summed E-state index contributed by atoms with van der Waals surface area (Å²) in [4.78, 5) is 14.4. The van der Waals surface area contributed by atoms with Crippen LogP contribution in [-0.4, -0.2) is 15.0 Å². The number of benzene rings is 6. The number of nitrogens with zero attached hydrogens (tertiary/aromatic N) is 3. The van der Waals surface area contributed by atoms with E-state index in [-0.39, 0.29) is 81.0 Å². The molecule has 0 amide bonds. The van der Waals surface area contributed by atoms with Gasteiger partial charge in [-0.1, -0.05) is 103 Å². The molecule has 0 spiro atoms. The SMILES string of the molecule is [2H]c1c(-c2ccccc2)c([2H])c2c(oc3c([2H])c(-c4nc(-c5ccccc5)nc(-c5cccc6oc7ccccc7c56)n4)c([2H])c([2H])c32)c1[2H]. The lowest BCUT2D eigenvalue weighted by atomic mass is 10.0. The summed E-state index contributed by atoms with van der Waals surface area (Å²) in [7, 11) is 0. The summed E-state index contributed by atoms with van der Waals surface area (Å²) >= 11 is 0. The summed E-state index contributed by atoms with van der Waals surface area (Å²) in [6.07, 6.45) is 0. The minimum Gasteiger partial charge on any atom is -0.456 e. The van der Waals surface area contributed by atoms with Crippen LogP contribution < -0.4 is 0 Å². The summed E-state index contributed by atoms with van der Waals surface area (Å²) in [6.45, 7) is 0. The average molecular weight is 572 g/mol. The van der Waals surface area contributed by atoms with Crippen LogP contribution in [0.2, 0.25) is 0 Å². The van der Waals surface area contributed by atoms with E-state index in [2.05, 4.69) is 0 Å². The van der Waals surface area contributed by atoms with Crippen molar-refractivity contribution in [3.63, 3.8) is 0 Å². The van der Waals surface area contributed by atoms with Crippen molar-refractivity contribution in [2.75, 3.05) is 0 Å². The molecule has 6 aromatic carbocycles. The van der Waals surface area contributed by atoms with Gasteiger partial charge in [0.1, 0.15) is 22.3 Å². The Hall–Kier alpha value is -6.07. The van der Waals surface area contributed by atoms with Gasteiger partial charge in [-0.3, -0.25) is 0 Å². The number of furan rings is 2. The molecular weight excluding hydrogens is 542 g/mol. The zero-order valence-corrected chi connectivity index (χ0v) is 23.0. The van der Waals surface area contributed by atoms with E-state index in [1.54, 1.807) is 24.3 Å². The highest BCUT2D eigenvalue weighted by atomic mass is 16.3. The van der Waals surface area contributed by atoms with Crippen LogP contribution in [0.4, 0.5) is 0 Å². The maximum atomic E-state index is 9.34. The lowest BCUT2D eigenvalue weighted by Crippen LogP contribution is -2.00. The first kappa shape index (κ1) is 19.2. The van der Waals surface area contributed by atoms with E-state index in [1.807, 2.05) is 78.9 Å². The second-order valence-corrected chi connectivity index (χ2v) is 10.3. The van der Waals surface area contributed by atoms with Gasteiger partial charge < -0.3 is 8.83 Å². The number of aromatic nitrogens is 3. The first-order chi connectivity index (χ1) is 24.3. The summed E-state index contributed by atoms with van der Waals surface area (Å²) < 4.78 is 66.6. The van der Waals surface area contributed by atoms with Crippen LogP contribution in [0.3, 0.4) is 0 Å². The highest BCUT2D eigenvalue weighted by Gasteiger charge is 2.18. The van der Waals surface area contributed by atoms with Crippen molar-refractivity contribution in [3.05, 3.63) is 139 Å². The molecule has 44 heavy (non-hydrogen) atoms. The van der Waals surface area contributed by atoms with Gasteiger partial charge in [0.2, 0.25) is 0 Å². The van der Waals surface area contributed by atoms with E-state index in [0.29, 0.717) is 33.7 Å². The van der Waals surface area contributed by atoms with E-state index in [1.165, 1.54) is 0 Å². The molecule has 0 aliphatic carbocycles. The molecule has 0 aliphatic rings. The summed E-state index contributed by atoms with van der Waals surface area (Å²) in [5.74, 6) is 0.584. The Kier molecular flexibility index (Phi) is 4.25. The van der Waals surface area contributed by atoms with E-state index in [0.717, 1.165) is 10.8 Å². The first-order valence-corrected chi connectivity index (χ1v) is 14.1. The highest BCUT2D eigenvalue weighted by Crippen LogP contribution is 2.38. The van der Waals surface area contributed by atoms with Crippen molar-refractivity contribution in [2.24, 2.45) is 0 Å². The van der Waals surface area contributed by atoms with Gasteiger partial charge in [0.05, 0.1) is 8.22 Å². The van der Waals surface area contributed by atoms with Crippen LogP contribution in [0.15, 0.2) is 148 Å². The zero-order chi connectivity index (χ0) is 34.3. The fourth-order valence-corrected chi connectivity index (χ4v) is 5.54. The smallest absolute Gasteiger partial charge is 0.164 e. The third-order valence-electron chi connectivity index (χ3n) is 7.61. The number of para-hydroxylation sites is 1. The summed E-state index contributed by atoms with van der Waals surface area (Å²) in [6, 6.07) is 30.0. The fraction of sp³-hybridized carbons (Fsp3) is 0. The maximum Gasteiger partial charge on any atom is 0.164 e. The Bertz CT molecular complexity index is 2840. The number of fused-ring (bicyclic) bond motifs is 6. The van der Waals surface area contributed by atoms with Crippen molar-refractivity contribution >= 4 is 43.9 Å². The molecule has 9 rings (SSSR count). The van der Waals surface area contributed by atoms with Gasteiger partial charge in [-0.05, 0) is 47.4 Å². The minimum atomic E-state index is -0.338. The van der Waals surface area contributed by atoms with Crippen LogP contribution in [0, 0.1) is 0 Å². The largest absolute Gasteiger partial charge is 0.456 e. The van der Waals surface area contributed by atoms with Crippen LogP contribution >= 0.6 is 0 Å². The van der Waals surface area contributed by atoms with Crippen molar-refractivity contribution in [2.45, 2.75) is 0 Å². The molecule has 9 aromatic rings. The van der Waals surface area contributed by atoms with Gasteiger partial charge in [0.25, 0.3) is 0 Å². The molecule has 0 fully saturated rings. The van der Waals surface area contributed by atoms with Crippen LogP contribution in [0.1, 0.15) is 8.22 Å².